The number of nitrogens with zero attached hydrogens (tertiary/aromatic N) is 4. The third-order valence-corrected chi connectivity index (χ3v) is 8.84. The van der Waals surface area contributed by atoms with Crippen LogP contribution in [0.1, 0.15) is 38.3 Å². The number of halogens is 1. The summed E-state index contributed by atoms with van der Waals surface area (Å²) in [6.07, 6.45) is 4.82. The van der Waals surface area contributed by atoms with E-state index in [0.29, 0.717) is 43.9 Å². The summed E-state index contributed by atoms with van der Waals surface area (Å²) < 4.78 is 48.9. The predicted octanol–water partition coefficient (Wildman–Crippen LogP) is 2.89. The number of aromatic nitrogens is 1. The second kappa shape index (κ2) is 8.11. The molecule has 2 atom stereocenters. The molecule has 2 aliphatic heterocycles. The number of piperidine rings is 1. The van der Waals surface area contributed by atoms with Crippen molar-refractivity contribution in [2.45, 2.75) is 56.8 Å². The minimum Gasteiger partial charge on any atom is -0.503 e. The molecule has 3 fully saturated rings. The summed E-state index contributed by atoms with van der Waals surface area (Å²) >= 11 is 0. The van der Waals surface area contributed by atoms with Crippen LogP contribution in [0.25, 0.3) is 0 Å². The van der Waals surface area contributed by atoms with Gasteiger partial charge in [0.25, 0.3) is 0 Å². The number of aromatic hydroxyl groups is 1. The molecule has 8 nitrogen and oxygen atoms in total. The van der Waals surface area contributed by atoms with E-state index in [2.05, 4.69) is 16.8 Å². The van der Waals surface area contributed by atoms with E-state index in [1.807, 2.05) is 0 Å². The van der Waals surface area contributed by atoms with Gasteiger partial charge in [-0.15, -0.1) is 0 Å². The van der Waals surface area contributed by atoms with E-state index in [-0.39, 0.29) is 17.9 Å². The maximum Gasteiger partial charge on any atom is 0.304 e. The van der Waals surface area contributed by atoms with E-state index < -0.39 is 21.6 Å². The van der Waals surface area contributed by atoms with E-state index in [0.717, 1.165) is 18.5 Å². The highest BCUT2D eigenvalue weighted by molar-refractivity contribution is 7.90. The molecular formula is C23H29FN4O4S. The van der Waals surface area contributed by atoms with Gasteiger partial charge < -0.3 is 9.84 Å². The number of hydrogen-bond acceptors (Lipinski definition) is 6. The predicted molar refractivity (Wildman–Crippen MR) is 122 cm³/mol. The fraction of sp³-hybridized carbons (Fsp3) is 0.522. The quantitative estimate of drug-likeness (QED) is 0.714. The van der Waals surface area contributed by atoms with E-state index in [1.54, 1.807) is 25.2 Å². The highest BCUT2D eigenvalue weighted by Crippen LogP contribution is 2.44. The molecule has 2 saturated heterocycles. The van der Waals surface area contributed by atoms with Crippen LogP contribution in [0.3, 0.4) is 0 Å². The van der Waals surface area contributed by atoms with Gasteiger partial charge in [-0.2, -0.15) is 12.7 Å². The van der Waals surface area contributed by atoms with Crippen LogP contribution < -0.4 is 9.04 Å². The molecule has 1 aliphatic carbocycles. The summed E-state index contributed by atoms with van der Waals surface area (Å²) in [5.74, 6) is 0.0474. The zero-order valence-corrected chi connectivity index (χ0v) is 19.6. The highest BCUT2D eigenvalue weighted by Gasteiger charge is 2.55. The fourth-order valence-corrected chi connectivity index (χ4v) is 6.87. The molecule has 0 bridgehead atoms. The number of anilines is 1. The van der Waals surface area contributed by atoms with Crippen LogP contribution in [0.4, 0.5) is 10.1 Å². The first-order chi connectivity index (χ1) is 15.7. The normalized spacial score (nSPS) is 27.8. The molecule has 1 aromatic carbocycles. The summed E-state index contributed by atoms with van der Waals surface area (Å²) in [6, 6.07) is 7.66. The number of ether oxygens (including phenoxy) is 1. The van der Waals surface area contributed by atoms with Gasteiger partial charge in [-0.05, 0) is 50.8 Å². The van der Waals surface area contributed by atoms with Crippen molar-refractivity contribution in [1.29, 1.82) is 0 Å². The lowest BCUT2D eigenvalue weighted by Gasteiger charge is -2.47. The number of likely N-dealkylation sites (N-methyl/N-ethyl adjacent to an activating group) is 1. The van der Waals surface area contributed by atoms with E-state index in [1.165, 1.54) is 26.9 Å². The molecule has 0 amide bonds. The van der Waals surface area contributed by atoms with Crippen molar-refractivity contribution in [3.8, 4) is 11.5 Å². The Morgan fingerprint density at radius 3 is 2.79 bits per heavy atom. The van der Waals surface area contributed by atoms with Crippen molar-refractivity contribution >= 4 is 15.9 Å². The number of pyridine rings is 1. The average molecular weight is 477 g/mol. The molecule has 2 aromatic rings. The Morgan fingerprint density at radius 1 is 1.30 bits per heavy atom. The number of rotatable bonds is 5. The molecule has 1 saturated carbocycles. The van der Waals surface area contributed by atoms with Crippen LogP contribution >= 0.6 is 0 Å². The molecular weight excluding hydrogens is 447 g/mol. The van der Waals surface area contributed by atoms with E-state index in [4.69, 9.17) is 4.74 Å². The minimum absolute atomic E-state index is 0.0428. The second-order valence-corrected chi connectivity index (χ2v) is 11.4. The van der Waals surface area contributed by atoms with Gasteiger partial charge >= 0.3 is 10.2 Å². The number of benzene rings is 1. The van der Waals surface area contributed by atoms with Gasteiger partial charge in [-0.25, -0.2) is 4.39 Å². The van der Waals surface area contributed by atoms with Gasteiger partial charge in [0.1, 0.15) is 5.82 Å². The summed E-state index contributed by atoms with van der Waals surface area (Å²) in [5.41, 5.74) is 0.520. The summed E-state index contributed by atoms with van der Waals surface area (Å²) in [7, 11) is -2.16. The van der Waals surface area contributed by atoms with Crippen LogP contribution in [0, 0.1) is 5.82 Å². The van der Waals surface area contributed by atoms with Crippen molar-refractivity contribution in [2.75, 3.05) is 24.4 Å². The molecule has 33 heavy (non-hydrogen) atoms. The average Bonchev–Trinajstić information content (AvgIpc) is 3.53. The first-order valence-electron chi connectivity index (χ1n) is 11.3. The zero-order chi connectivity index (χ0) is 23.4. The third kappa shape index (κ3) is 4.15. The molecule has 10 heteroatoms. The topological polar surface area (TPSA) is 86.2 Å². The van der Waals surface area contributed by atoms with Gasteiger partial charge in [0, 0.05) is 38.8 Å². The smallest absolute Gasteiger partial charge is 0.304 e. The Labute approximate surface area is 193 Å². The van der Waals surface area contributed by atoms with Crippen LogP contribution in [0.2, 0.25) is 0 Å². The lowest BCUT2D eigenvalue weighted by atomic mass is 9.83. The SMILES string of the molecule is C[C@H]1C[C@]2(CCN1Cc1cc(OC3CC3)c(O)cn1)CN(C)S(=O)(=O)N2c1cccc(F)c1. The molecule has 5 rings (SSSR count). The largest absolute Gasteiger partial charge is 0.503 e. The molecule has 1 spiro atoms. The molecule has 3 aliphatic rings. The van der Waals surface area contributed by atoms with E-state index in [9.17, 15) is 17.9 Å². The molecule has 3 heterocycles. The fourth-order valence-electron chi connectivity index (χ4n) is 5.09. The zero-order valence-electron chi connectivity index (χ0n) is 18.8. The first kappa shape index (κ1) is 22.4. The van der Waals surface area contributed by atoms with Gasteiger partial charge in [0.05, 0.1) is 29.2 Å². The maximum atomic E-state index is 14.0. The third-order valence-electron chi connectivity index (χ3n) is 6.86. The maximum absolute atomic E-state index is 14.0. The standard InChI is InChI=1S/C23H29FN4O4S/c1-16-12-23(15-26(2)33(30,31)28(23)19-5-3-4-17(24)10-19)8-9-27(16)14-18-11-22(21(29)13-25-18)32-20-6-7-20/h3-5,10-11,13,16,20,29H,6-9,12,14-15H2,1-2H3/t16-,23+/m0/s1. The molecule has 0 unspecified atom stereocenters. The van der Waals surface area contributed by atoms with Crippen LogP contribution in [-0.2, 0) is 16.8 Å². The van der Waals surface area contributed by atoms with Gasteiger partial charge in [-0.3, -0.25) is 14.2 Å². The van der Waals surface area contributed by atoms with Crippen LogP contribution in [-0.4, -0.2) is 65.5 Å². The highest BCUT2D eigenvalue weighted by atomic mass is 32.2. The Bertz CT molecular complexity index is 1160. The number of hydrogen-bond donors (Lipinski definition) is 1. The van der Waals surface area contributed by atoms with Gasteiger partial charge in [-0.1, -0.05) is 6.07 Å². The summed E-state index contributed by atoms with van der Waals surface area (Å²) in [5, 5.41) is 10.0. The number of likely N-dealkylation sites (tertiary alicyclic amines) is 1. The van der Waals surface area contributed by atoms with E-state index >= 15 is 0 Å². The second-order valence-electron chi connectivity index (χ2n) is 9.47. The molecule has 1 aromatic heterocycles. The van der Waals surface area contributed by atoms with Crippen molar-refractivity contribution in [3.05, 3.63) is 48.0 Å². The summed E-state index contributed by atoms with van der Waals surface area (Å²) in [6.45, 7) is 3.68. The molecule has 1 N–H and O–H groups in total. The summed E-state index contributed by atoms with van der Waals surface area (Å²) in [4.78, 5) is 6.63. The van der Waals surface area contributed by atoms with Crippen molar-refractivity contribution in [2.24, 2.45) is 0 Å². The van der Waals surface area contributed by atoms with Crippen LogP contribution in [0.15, 0.2) is 36.5 Å². The van der Waals surface area contributed by atoms with Crippen molar-refractivity contribution in [1.82, 2.24) is 14.2 Å². The van der Waals surface area contributed by atoms with Gasteiger partial charge in [0.15, 0.2) is 11.5 Å². The monoisotopic (exact) mass is 476 g/mol. The Kier molecular flexibility index (Phi) is 5.49. The Balaban J connectivity index is 1.37. The first-order valence-corrected chi connectivity index (χ1v) is 12.7. The minimum atomic E-state index is -3.73. The van der Waals surface area contributed by atoms with Crippen molar-refractivity contribution < 1.29 is 22.7 Å². The Morgan fingerprint density at radius 2 is 2.09 bits per heavy atom. The lowest BCUT2D eigenvalue weighted by Crippen LogP contribution is -2.57. The van der Waals surface area contributed by atoms with Crippen LogP contribution in [0.5, 0.6) is 11.5 Å². The van der Waals surface area contributed by atoms with Gasteiger partial charge in [0.2, 0.25) is 0 Å². The lowest BCUT2D eigenvalue weighted by molar-refractivity contribution is 0.0991. The Hall–Kier alpha value is -2.43. The van der Waals surface area contributed by atoms with Crippen molar-refractivity contribution in [3.63, 3.8) is 0 Å². The molecule has 178 valence electrons. The molecule has 0 radical (unpaired) electrons.